The van der Waals surface area contributed by atoms with E-state index < -0.39 is 0 Å². The second kappa shape index (κ2) is 5.95. The number of phenolic OH excluding ortho intramolecular Hbond substituents is 1. The summed E-state index contributed by atoms with van der Waals surface area (Å²) in [7, 11) is 0. The number of hydrogen-bond donors (Lipinski definition) is 2. The molecule has 1 atom stereocenters. The van der Waals surface area contributed by atoms with Crippen molar-refractivity contribution in [3.8, 4) is 5.75 Å². The van der Waals surface area contributed by atoms with Gasteiger partial charge in [0, 0.05) is 20.6 Å². The molecule has 0 fully saturated rings. The Morgan fingerprint density at radius 2 is 2.00 bits per heavy atom. The molecule has 3 N–H and O–H groups in total. The molecule has 0 aliphatic heterocycles. The summed E-state index contributed by atoms with van der Waals surface area (Å²) in [6.45, 7) is 1.98. The van der Waals surface area contributed by atoms with Crippen LogP contribution in [0.1, 0.15) is 24.9 Å². The van der Waals surface area contributed by atoms with Crippen molar-refractivity contribution in [2.45, 2.75) is 19.4 Å². The van der Waals surface area contributed by atoms with Crippen LogP contribution in [0.25, 0.3) is 0 Å². The first kappa shape index (κ1) is 14.2. The molecule has 14 heavy (non-hydrogen) atoms. The number of rotatable bonds is 2. The van der Waals surface area contributed by atoms with Gasteiger partial charge in [-0.3, -0.25) is 0 Å². The maximum atomic E-state index is 9.63. The van der Waals surface area contributed by atoms with Crippen molar-refractivity contribution >= 4 is 44.3 Å². The molecule has 2 nitrogen and oxygen atoms in total. The zero-order chi connectivity index (χ0) is 10.0. The molecule has 1 rings (SSSR count). The summed E-state index contributed by atoms with van der Waals surface area (Å²) in [6, 6.07) is 3.41. The SMILES string of the molecule is CC[C@H](N)c1c(O)cc(Br)cc1Br.Cl. The third-order valence-electron chi connectivity index (χ3n) is 1.88. The molecule has 0 amide bonds. The number of hydrogen-bond acceptors (Lipinski definition) is 2. The van der Waals surface area contributed by atoms with Gasteiger partial charge in [0.25, 0.3) is 0 Å². The summed E-state index contributed by atoms with van der Waals surface area (Å²) in [4.78, 5) is 0. The molecule has 0 heterocycles. The highest BCUT2D eigenvalue weighted by atomic mass is 79.9. The maximum absolute atomic E-state index is 9.63. The molecule has 80 valence electrons. The van der Waals surface area contributed by atoms with Crippen molar-refractivity contribution < 1.29 is 5.11 Å². The summed E-state index contributed by atoms with van der Waals surface area (Å²) in [5.41, 5.74) is 6.61. The van der Waals surface area contributed by atoms with E-state index in [1.807, 2.05) is 13.0 Å². The first-order chi connectivity index (χ1) is 6.06. The van der Waals surface area contributed by atoms with Crippen molar-refractivity contribution in [3.63, 3.8) is 0 Å². The maximum Gasteiger partial charge on any atom is 0.122 e. The Kier molecular flexibility index (Phi) is 6.05. The van der Waals surface area contributed by atoms with Crippen LogP contribution in [0.15, 0.2) is 21.1 Å². The van der Waals surface area contributed by atoms with E-state index in [0.717, 1.165) is 20.9 Å². The lowest BCUT2D eigenvalue weighted by Crippen LogP contribution is -2.09. The minimum absolute atomic E-state index is 0. The van der Waals surface area contributed by atoms with E-state index in [9.17, 15) is 5.11 Å². The minimum Gasteiger partial charge on any atom is -0.508 e. The van der Waals surface area contributed by atoms with Crippen LogP contribution in [0.5, 0.6) is 5.75 Å². The monoisotopic (exact) mass is 343 g/mol. The Labute approximate surface area is 107 Å². The Bertz CT molecular complexity index is 297. The fourth-order valence-electron chi connectivity index (χ4n) is 1.14. The average molecular weight is 345 g/mol. The molecular weight excluding hydrogens is 333 g/mol. The number of phenols is 1. The van der Waals surface area contributed by atoms with Gasteiger partial charge >= 0.3 is 0 Å². The fourth-order valence-corrected chi connectivity index (χ4v) is 2.64. The summed E-state index contributed by atoms with van der Waals surface area (Å²) in [5, 5.41) is 9.63. The highest BCUT2D eigenvalue weighted by Gasteiger charge is 2.13. The van der Waals surface area contributed by atoms with Gasteiger partial charge in [0.2, 0.25) is 0 Å². The van der Waals surface area contributed by atoms with Gasteiger partial charge in [-0.05, 0) is 18.6 Å². The third-order valence-corrected chi connectivity index (χ3v) is 3.00. The van der Waals surface area contributed by atoms with Crippen LogP contribution in [0.3, 0.4) is 0 Å². The van der Waals surface area contributed by atoms with Gasteiger partial charge in [0.1, 0.15) is 5.75 Å². The first-order valence-electron chi connectivity index (χ1n) is 3.99. The Morgan fingerprint density at radius 1 is 1.43 bits per heavy atom. The Morgan fingerprint density at radius 3 is 2.43 bits per heavy atom. The summed E-state index contributed by atoms with van der Waals surface area (Å²) in [6.07, 6.45) is 0.799. The molecule has 0 spiro atoms. The van der Waals surface area contributed by atoms with Crippen molar-refractivity contribution in [2.24, 2.45) is 5.73 Å². The summed E-state index contributed by atoms with van der Waals surface area (Å²) < 4.78 is 1.68. The van der Waals surface area contributed by atoms with E-state index >= 15 is 0 Å². The highest BCUT2D eigenvalue weighted by molar-refractivity contribution is 9.11. The number of nitrogens with two attached hydrogens (primary N) is 1. The lowest BCUT2D eigenvalue weighted by molar-refractivity contribution is 0.459. The van der Waals surface area contributed by atoms with Gasteiger partial charge in [-0.25, -0.2) is 0 Å². The lowest BCUT2D eigenvalue weighted by Gasteiger charge is -2.13. The van der Waals surface area contributed by atoms with Crippen molar-refractivity contribution in [1.82, 2.24) is 0 Å². The van der Waals surface area contributed by atoms with Crippen LogP contribution >= 0.6 is 44.3 Å². The van der Waals surface area contributed by atoms with E-state index in [-0.39, 0.29) is 24.2 Å². The Hall–Kier alpha value is 0.230. The topological polar surface area (TPSA) is 46.2 Å². The van der Waals surface area contributed by atoms with E-state index in [2.05, 4.69) is 31.9 Å². The molecule has 0 aliphatic rings. The molecule has 0 saturated carbocycles. The smallest absolute Gasteiger partial charge is 0.122 e. The van der Waals surface area contributed by atoms with E-state index in [4.69, 9.17) is 5.73 Å². The van der Waals surface area contributed by atoms with E-state index in [1.54, 1.807) is 6.07 Å². The van der Waals surface area contributed by atoms with Gasteiger partial charge in [-0.1, -0.05) is 38.8 Å². The van der Waals surface area contributed by atoms with E-state index in [0.29, 0.717) is 0 Å². The molecular formula is C9H12Br2ClNO. The predicted molar refractivity (Wildman–Crippen MR) is 68.0 cm³/mol. The van der Waals surface area contributed by atoms with Crippen LogP contribution in [0.4, 0.5) is 0 Å². The van der Waals surface area contributed by atoms with Crippen LogP contribution in [-0.2, 0) is 0 Å². The number of benzene rings is 1. The van der Waals surface area contributed by atoms with Gasteiger partial charge in [0.15, 0.2) is 0 Å². The third kappa shape index (κ3) is 3.12. The van der Waals surface area contributed by atoms with Crippen LogP contribution in [0.2, 0.25) is 0 Å². The zero-order valence-corrected chi connectivity index (χ0v) is 11.6. The molecule has 0 bridgehead atoms. The largest absolute Gasteiger partial charge is 0.508 e. The van der Waals surface area contributed by atoms with Gasteiger partial charge in [0.05, 0.1) is 0 Å². The predicted octanol–water partition coefficient (Wildman–Crippen LogP) is 3.75. The van der Waals surface area contributed by atoms with Crippen molar-refractivity contribution in [1.29, 1.82) is 0 Å². The molecule has 1 aromatic rings. The highest BCUT2D eigenvalue weighted by Crippen LogP contribution is 2.34. The minimum atomic E-state index is -0.123. The Balaban J connectivity index is 0.00000169. The second-order valence-corrected chi connectivity index (χ2v) is 4.61. The zero-order valence-electron chi connectivity index (χ0n) is 7.63. The molecule has 5 heteroatoms. The van der Waals surface area contributed by atoms with Gasteiger partial charge < -0.3 is 10.8 Å². The molecule has 0 aliphatic carbocycles. The second-order valence-electron chi connectivity index (χ2n) is 2.84. The number of aromatic hydroxyl groups is 1. The first-order valence-corrected chi connectivity index (χ1v) is 5.58. The van der Waals surface area contributed by atoms with Crippen LogP contribution < -0.4 is 5.73 Å². The summed E-state index contributed by atoms with van der Waals surface area (Å²) >= 11 is 6.66. The molecule has 0 saturated heterocycles. The molecule has 0 aromatic heterocycles. The average Bonchev–Trinajstić information content (AvgIpc) is 2.02. The summed E-state index contributed by atoms with van der Waals surface area (Å²) in [5.74, 6) is 0.232. The lowest BCUT2D eigenvalue weighted by atomic mass is 10.0. The molecule has 0 radical (unpaired) electrons. The number of halogens is 3. The molecule has 1 aromatic carbocycles. The molecule has 0 unspecified atom stereocenters. The van der Waals surface area contributed by atoms with Gasteiger partial charge in [-0.15, -0.1) is 12.4 Å². The van der Waals surface area contributed by atoms with Gasteiger partial charge in [-0.2, -0.15) is 0 Å². The van der Waals surface area contributed by atoms with Crippen LogP contribution in [0, 0.1) is 0 Å². The van der Waals surface area contributed by atoms with Crippen molar-refractivity contribution in [2.75, 3.05) is 0 Å². The standard InChI is InChI=1S/C9H11Br2NO.ClH/c1-2-7(12)9-6(11)3-5(10)4-8(9)13;/h3-4,7,13H,2,12H2,1H3;1H/t7-;/m0./s1. The van der Waals surface area contributed by atoms with Crippen LogP contribution in [-0.4, -0.2) is 5.11 Å². The normalized spacial score (nSPS) is 12.0. The van der Waals surface area contributed by atoms with Crippen molar-refractivity contribution in [3.05, 3.63) is 26.6 Å². The quantitative estimate of drug-likeness (QED) is 0.857. The van der Waals surface area contributed by atoms with E-state index in [1.165, 1.54) is 0 Å². The fraction of sp³-hybridized carbons (Fsp3) is 0.333.